The maximum atomic E-state index is 12.4. The molecule has 1 aromatic heterocycles. The first-order valence-corrected chi connectivity index (χ1v) is 6.47. The first-order valence-electron chi connectivity index (χ1n) is 6.47. The van der Waals surface area contributed by atoms with Crippen molar-refractivity contribution >= 4 is 5.91 Å². The average molecular weight is 235 g/mol. The van der Waals surface area contributed by atoms with Gasteiger partial charge in [-0.3, -0.25) is 9.89 Å². The molecule has 0 saturated heterocycles. The third kappa shape index (κ3) is 2.35. The lowest BCUT2D eigenvalue weighted by Crippen LogP contribution is -2.40. The SMILES string of the molecule is CCC1(C(=O)NC(C)c2cn[nH]c2)CCCC1. The van der Waals surface area contributed by atoms with E-state index in [4.69, 9.17) is 0 Å². The number of aromatic amines is 1. The number of amides is 1. The van der Waals surface area contributed by atoms with Crippen LogP contribution in [0.3, 0.4) is 0 Å². The van der Waals surface area contributed by atoms with E-state index in [-0.39, 0.29) is 17.4 Å². The van der Waals surface area contributed by atoms with Gasteiger partial charge in [0.1, 0.15) is 0 Å². The standard InChI is InChI=1S/C13H21N3O/c1-3-13(6-4-5-7-13)12(17)16-10(2)11-8-14-15-9-11/h8-10H,3-7H2,1-2H3,(H,14,15)(H,16,17). The molecular formula is C13H21N3O. The molecule has 2 N–H and O–H groups in total. The fourth-order valence-electron chi connectivity index (χ4n) is 2.72. The van der Waals surface area contributed by atoms with Crippen molar-refractivity contribution in [3.8, 4) is 0 Å². The number of H-pyrrole nitrogens is 1. The first kappa shape index (κ1) is 12.1. The van der Waals surface area contributed by atoms with Gasteiger partial charge in [-0.2, -0.15) is 5.10 Å². The van der Waals surface area contributed by atoms with Crippen LogP contribution in [-0.4, -0.2) is 16.1 Å². The maximum Gasteiger partial charge on any atom is 0.226 e. The fourth-order valence-corrected chi connectivity index (χ4v) is 2.72. The molecule has 0 bridgehead atoms. The Morgan fingerprint density at radius 1 is 1.59 bits per heavy atom. The number of aromatic nitrogens is 2. The molecule has 1 aliphatic carbocycles. The van der Waals surface area contributed by atoms with Crippen molar-refractivity contribution in [3.63, 3.8) is 0 Å². The third-order valence-corrected chi connectivity index (χ3v) is 4.09. The molecule has 1 aliphatic rings. The number of rotatable bonds is 4. The summed E-state index contributed by atoms with van der Waals surface area (Å²) in [6.45, 7) is 4.12. The monoisotopic (exact) mass is 235 g/mol. The summed E-state index contributed by atoms with van der Waals surface area (Å²) in [5.41, 5.74) is 0.917. The van der Waals surface area contributed by atoms with Crippen LogP contribution in [-0.2, 0) is 4.79 Å². The van der Waals surface area contributed by atoms with Gasteiger partial charge >= 0.3 is 0 Å². The zero-order valence-corrected chi connectivity index (χ0v) is 10.6. The Morgan fingerprint density at radius 2 is 2.29 bits per heavy atom. The molecule has 1 unspecified atom stereocenters. The number of nitrogens with one attached hydrogen (secondary N) is 2. The van der Waals surface area contributed by atoms with Crippen molar-refractivity contribution in [1.29, 1.82) is 0 Å². The van der Waals surface area contributed by atoms with Gasteiger partial charge in [0.25, 0.3) is 0 Å². The summed E-state index contributed by atoms with van der Waals surface area (Å²) in [4.78, 5) is 12.4. The van der Waals surface area contributed by atoms with E-state index in [1.54, 1.807) is 6.20 Å². The highest BCUT2D eigenvalue weighted by atomic mass is 16.2. The summed E-state index contributed by atoms with van der Waals surface area (Å²) in [5, 5.41) is 9.80. The molecule has 1 fully saturated rings. The molecule has 1 atom stereocenters. The van der Waals surface area contributed by atoms with Gasteiger partial charge in [-0.05, 0) is 26.2 Å². The van der Waals surface area contributed by atoms with Crippen LogP contribution in [0.4, 0.5) is 0 Å². The van der Waals surface area contributed by atoms with Crippen LogP contribution >= 0.6 is 0 Å². The minimum absolute atomic E-state index is 0.0327. The molecule has 0 aliphatic heterocycles. The molecule has 17 heavy (non-hydrogen) atoms. The van der Waals surface area contributed by atoms with Gasteiger partial charge in [0.05, 0.1) is 12.2 Å². The summed E-state index contributed by atoms with van der Waals surface area (Å²) in [6, 6.07) is 0.0327. The van der Waals surface area contributed by atoms with Crippen LogP contribution in [0.2, 0.25) is 0 Å². The predicted molar refractivity (Wildman–Crippen MR) is 66.3 cm³/mol. The van der Waals surface area contributed by atoms with E-state index >= 15 is 0 Å². The van der Waals surface area contributed by atoms with Crippen LogP contribution in [0.5, 0.6) is 0 Å². The van der Waals surface area contributed by atoms with Crippen molar-refractivity contribution < 1.29 is 4.79 Å². The molecule has 1 aromatic rings. The number of carbonyl (C=O) groups is 1. The molecule has 0 radical (unpaired) electrons. The van der Waals surface area contributed by atoms with Gasteiger partial charge in [-0.25, -0.2) is 0 Å². The zero-order chi connectivity index (χ0) is 12.3. The highest BCUT2D eigenvalue weighted by molar-refractivity contribution is 5.83. The maximum absolute atomic E-state index is 12.4. The van der Waals surface area contributed by atoms with E-state index in [2.05, 4.69) is 22.4 Å². The van der Waals surface area contributed by atoms with Gasteiger partial charge in [0, 0.05) is 17.2 Å². The molecule has 1 heterocycles. The highest BCUT2D eigenvalue weighted by Crippen LogP contribution is 2.41. The molecule has 94 valence electrons. The number of hydrogen-bond donors (Lipinski definition) is 2. The lowest BCUT2D eigenvalue weighted by molar-refractivity contribution is -0.131. The number of hydrogen-bond acceptors (Lipinski definition) is 2. The molecule has 1 amide bonds. The second kappa shape index (κ2) is 4.90. The quantitative estimate of drug-likeness (QED) is 0.842. The summed E-state index contributed by atoms with van der Waals surface area (Å²) >= 11 is 0. The minimum atomic E-state index is -0.113. The van der Waals surface area contributed by atoms with Gasteiger partial charge in [-0.1, -0.05) is 19.8 Å². The van der Waals surface area contributed by atoms with E-state index in [0.717, 1.165) is 24.8 Å². The van der Waals surface area contributed by atoms with E-state index in [0.29, 0.717) is 0 Å². The van der Waals surface area contributed by atoms with E-state index in [1.807, 2.05) is 13.1 Å². The Labute approximate surface area is 102 Å². The largest absolute Gasteiger partial charge is 0.349 e. The molecule has 0 aromatic carbocycles. The second-order valence-corrected chi connectivity index (χ2v) is 5.07. The Kier molecular flexibility index (Phi) is 3.50. The summed E-state index contributed by atoms with van der Waals surface area (Å²) < 4.78 is 0. The van der Waals surface area contributed by atoms with Crippen LogP contribution < -0.4 is 5.32 Å². The van der Waals surface area contributed by atoms with Gasteiger partial charge in [-0.15, -0.1) is 0 Å². The summed E-state index contributed by atoms with van der Waals surface area (Å²) in [5.74, 6) is 0.214. The molecule has 2 rings (SSSR count). The Bertz CT molecular complexity index is 366. The lowest BCUT2D eigenvalue weighted by Gasteiger charge is -2.27. The fraction of sp³-hybridized carbons (Fsp3) is 0.692. The van der Waals surface area contributed by atoms with Gasteiger partial charge in [0.15, 0.2) is 0 Å². The van der Waals surface area contributed by atoms with Gasteiger partial charge in [0.2, 0.25) is 5.91 Å². The van der Waals surface area contributed by atoms with E-state index in [1.165, 1.54) is 12.8 Å². The molecule has 1 saturated carbocycles. The topological polar surface area (TPSA) is 57.8 Å². The first-order chi connectivity index (χ1) is 8.18. The lowest BCUT2D eigenvalue weighted by atomic mass is 9.82. The predicted octanol–water partition coefficient (Wildman–Crippen LogP) is 2.56. The Hall–Kier alpha value is -1.32. The average Bonchev–Trinajstić information content (AvgIpc) is 3.01. The molecule has 4 heteroatoms. The van der Waals surface area contributed by atoms with Crippen LogP contribution in [0.1, 0.15) is 57.6 Å². The van der Waals surface area contributed by atoms with Crippen molar-refractivity contribution in [2.75, 3.05) is 0 Å². The highest BCUT2D eigenvalue weighted by Gasteiger charge is 2.39. The van der Waals surface area contributed by atoms with Crippen LogP contribution in [0.15, 0.2) is 12.4 Å². The number of carbonyl (C=O) groups excluding carboxylic acids is 1. The Morgan fingerprint density at radius 3 is 2.82 bits per heavy atom. The van der Waals surface area contributed by atoms with E-state index < -0.39 is 0 Å². The number of nitrogens with zero attached hydrogens (tertiary/aromatic N) is 1. The second-order valence-electron chi connectivity index (χ2n) is 5.07. The van der Waals surface area contributed by atoms with Crippen molar-refractivity contribution in [2.45, 2.75) is 52.0 Å². The van der Waals surface area contributed by atoms with Crippen molar-refractivity contribution in [2.24, 2.45) is 5.41 Å². The van der Waals surface area contributed by atoms with Crippen molar-refractivity contribution in [1.82, 2.24) is 15.5 Å². The normalized spacial score (nSPS) is 20.1. The summed E-state index contributed by atoms with van der Waals surface area (Å²) in [6.07, 6.45) is 8.97. The van der Waals surface area contributed by atoms with Crippen LogP contribution in [0, 0.1) is 5.41 Å². The van der Waals surface area contributed by atoms with E-state index in [9.17, 15) is 4.79 Å². The zero-order valence-electron chi connectivity index (χ0n) is 10.6. The Balaban J connectivity index is 2.01. The van der Waals surface area contributed by atoms with Crippen molar-refractivity contribution in [3.05, 3.63) is 18.0 Å². The minimum Gasteiger partial charge on any atom is -0.349 e. The summed E-state index contributed by atoms with van der Waals surface area (Å²) in [7, 11) is 0. The van der Waals surface area contributed by atoms with Gasteiger partial charge < -0.3 is 5.32 Å². The third-order valence-electron chi connectivity index (χ3n) is 4.09. The molecule has 0 spiro atoms. The smallest absolute Gasteiger partial charge is 0.226 e. The molecular weight excluding hydrogens is 214 g/mol. The van der Waals surface area contributed by atoms with Crippen LogP contribution in [0.25, 0.3) is 0 Å². The molecule has 4 nitrogen and oxygen atoms in total.